The Hall–Kier alpha value is -2.32. The molecule has 2 rings (SSSR count). The number of aromatic carboxylic acids is 1. The highest BCUT2D eigenvalue weighted by Crippen LogP contribution is 2.26. The van der Waals surface area contributed by atoms with Gasteiger partial charge in [0.1, 0.15) is 5.82 Å². The summed E-state index contributed by atoms with van der Waals surface area (Å²) >= 11 is 1.40. The fraction of sp³-hybridized carbons (Fsp3) is 0.125. The van der Waals surface area contributed by atoms with Gasteiger partial charge in [-0.15, -0.1) is 11.8 Å². The Kier molecular flexibility index (Phi) is 4.61. The number of carbonyl (C=O) groups is 1. The minimum Gasteiger partial charge on any atom is -0.478 e. The van der Waals surface area contributed by atoms with Crippen molar-refractivity contribution < 1.29 is 14.3 Å². The standard InChI is InChI=1S/C16H12FNO2S/c1-10-2-3-14(7-15(10)16(19)20)21-9-12-4-11(8-18)5-13(17)6-12/h2-7H,9H2,1H3,(H,19,20). The van der Waals surface area contributed by atoms with Crippen molar-refractivity contribution in [2.24, 2.45) is 0 Å². The van der Waals surface area contributed by atoms with E-state index < -0.39 is 11.8 Å². The predicted octanol–water partition coefficient (Wildman–Crippen LogP) is 4.00. The molecular weight excluding hydrogens is 289 g/mol. The van der Waals surface area contributed by atoms with Crippen molar-refractivity contribution in [2.75, 3.05) is 0 Å². The van der Waals surface area contributed by atoms with E-state index in [2.05, 4.69) is 0 Å². The maximum atomic E-state index is 13.3. The van der Waals surface area contributed by atoms with Gasteiger partial charge in [-0.25, -0.2) is 9.18 Å². The van der Waals surface area contributed by atoms with E-state index >= 15 is 0 Å². The lowest BCUT2D eigenvalue weighted by atomic mass is 10.1. The van der Waals surface area contributed by atoms with Crippen LogP contribution in [0.1, 0.15) is 27.0 Å². The van der Waals surface area contributed by atoms with Gasteiger partial charge in [0, 0.05) is 10.6 Å². The largest absolute Gasteiger partial charge is 0.478 e. The molecule has 0 radical (unpaired) electrons. The summed E-state index contributed by atoms with van der Waals surface area (Å²) in [6.45, 7) is 1.74. The topological polar surface area (TPSA) is 61.1 Å². The highest BCUT2D eigenvalue weighted by atomic mass is 32.2. The molecule has 2 aromatic carbocycles. The fourth-order valence-corrected chi connectivity index (χ4v) is 2.75. The Morgan fingerprint density at radius 1 is 1.33 bits per heavy atom. The van der Waals surface area contributed by atoms with Crippen molar-refractivity contribution in [3.8, 4) is 6.07 Å². The molecule has 0 fully saturated rings. The number of nitriles is 1. The van der Waals surface area contributed by atoms with Crippen LogP contribution in [0.15, 0.2) is 41.3 Å². The molecule has 0 bridgehead atoms. The quantitative estimate of drug-likeness (QED) is 0.867. The van der Waals surface area contributed by atoms with Crippen LogP contribution in [0.3, 0.4) is 0 Å². The second kappa shape index (κ2) is 6.42. The van der Waals surface area contributed by atoms with E-state index in [9.17, 15) is 9.18 Å². The fourth-order valence-electron chi connectivity index (χ4n) is 1.89. The van der Waals surface area contributed by atoms with Gasteiger partial charge in [-0.1, -0.05) is 6.07 Å². The molecular formula is C16H12FNO2S. The maximum Gasteiger partial charge on any atom is 0.335 e. The summed E-state index contributed by atoms with van der Waals surface area (Å²) in [6, 6.07) is 11.3. The molecule has 0 unspecified atom stereocenters. The molecule has 21 heavy (non-hydrogen) atoms. The molecule has 0 aliphatic carbocycles. The summed E-state index contributed by atoms with van der Waals surface area (Å²) in [6.07, 6.45) is 0. The molecule has 0 heterocycles. The van der Waals surface area contributed by atoms with Crippen LogP contribution in [-0.4, -0.2) is 11.1 Å². The van der Waals surface area contributed by atoms with Gasteiger partial charge in [0.05, 0.1) is 17.2 Å². The SMILES string of the molecule is Cc1ccc(SCc2cc(F)cc(C#N)c2)cc1C(=O)O. The van der Waals surface area contributed by atoms with Gasteiger partial charge in [-0.05, 0) is 48.4 Å². The number of thioether (sulfide) groups is 1. The summed E-state index contributed by atoms with van der Waals surface area (Å²) < 4.78 is 13.3. The lowest BCUT2D eigenvalue weighted by Crippen LogP contribution is -1.99. The average molecular weight is 301 g/mol. The highest BCUT2D eigenvalue weighted by molar-refractivity contribution is 7.98. The number of nitrogens with zero attached hydrogens (tertiary/aromatic N) is 1. The van der Waals surface area contributed by atoms with Crippen LogP contribution in [0, 0.1) is 24.1 Å². The molecule has 0 aliphatic heterocycles. The maximum absolute atomic E-state index is 13.3. The minimum atomic E-state index is -0.965. The van der Waals surface area contributed by atoms with Crippen LogP contribution >= 0.6 is 11.8 Å². The summed E-state index contributed by atoms with van der Waals surface area (Å²) in [7, 11) is 0. The second-order valence-corrected chi connectivity index (χ2v) is 5.58. The van der Waals surface area contributed by atoms with Crippen LogP contribution in [0.25, 0.3) is 0 Å². The van der Waals surface area contributed by atoms with Crippen molar-refractivity contribution in [3.63, 3.8) is 0 Å². The van der Waals surface area contributed by atoms with Crippen LogP contribution < -0.4 is 0 Å². The van der Waals surface area contributed by atoms with E-state index in [1.807, 2.05) is 12.1 Å². The molecule has 0 saturated carbocycles. The number of benzene rings is 2. The molecule has 0 atom stereocenters. The zero-order valence-corrected chi connectivity index (χ0v) is 12.1. The van der Waals surface area contributed by atoms with Crippen molar-refractivity contribution in [1.82, 2.24) is 0 Å². The monoisotopic (exact) mass is 301 g/mol. The summed E-state index contributed by atoms with van der Waals surface area (Å²) in [5, 5.41) is 17.9. The molecule has 3 nitrogen and oxygen atoms in total. The number of halogens is 1. The average Bonchev–Trinajstić information content (AvgIpc) is 2.45. The molecule has 106 valence electrons. The Morgan fingerprint density at radius 2 is 2.10 bits per heavy atom. The van der Waals surface area contributed by atoms with Gasteiger partial charge in [0.25, 0.3) is 0 Å². The minimum absolute atomic E-state index is 0.261. The number of hydrogen-bond acceptors (Lipinski definition) is 3. The first-order chi connectivity index (χ1) is 9.99. The summed E-state index contributed by atoms with van der Waals surface area (Å²) in [4.78, 5) is 11.9. The van der Waals surface area contributed by atoms with Crippen molar-refractivity contribution in [3.05, 3.63) is 64.5 Å². The smallest absolute Gasteiger partial charge is 0.335 e. The zero-order valence-electron chi connectivity index (χ0n) is 11.3. The molecule has 0 amide bonds. The Labute approximate surface area is 126 Å². The normalized spacial score (nSPS) is 10.1. The number of hydrogen-bond donors (Lipinski definition) is 1. The van der Waals surface area contributed by atoms with E-state index in [-0.39, 0.29) is 11.1 Å². The van der Waals surface area contributed by atoms with Gasteiger partial charge in [0.15, 0.2) is 0 Å². The van der Waals surface area contributed by atoms with E-state index in [1.165, 1.54) is 23.9 Å². The van der Waals surface area contributed by atoms with Crippen molar-refractivity contribution in [2.45, 2.75) is 17.6 Å². The van der Waals surface area contributed by atoms with Crippen molar-refractivity contribution >= 4 is 17.7 Å². The lowest BCUT2D eigenvalue weighted by molar-refractivity contribution is 0.0696. The number of rotatable bonds is 4. The van der Waals surface area contributed by atoms with Gasteiger partial charge < -0.3 is 5.11 Å². The van der Waals surface area contributed by atoms with Crippen molar-refractivity contribution in [1.29, 1.82) is 5.26 Å². The first-order valence-electron chi connectivity index (χ1n) is 6.16. The lowest BCUT2D eigenvalue weighted by Gasteiger charge is -2.06. The Balaban J connectivity index is 2.17. The molecule has 1 N–H and O–H groups in total. The van der Waals surface area contributed by atoms with Crippen LogP contribution in [0.2, 0.25) is 0 Å². The van der Waals surface area contributed by atoms with E-state index in [0.717, 1.165) is 4.90 Å². The first kappa shape index (κ1) is 15.1. The Bertz CT molecular complexity index is 738. The van der Waals surface area contributed by atoms with E-state index in [1.54, 1.807) is 25.1 Å². The molecule has 0 aromatic heterocycles. The van der Waals surface area contributed by atoms with E-state index in [4.69, 9.17) is 10.4 Å². The van der Waals surface area contributed by atoms with E-state index in [0.29, 0.717) is 16.9 Å². The van der Waals surface area contributed by atoms with Gasteiger partial charge in [-0.2, -0.15) is 5.26 Å². The number of carboxylic acids is 1. The summed E-state index contributed by atoms with van der Waals surface area (Å²) in [5.41, 5.74) is 1.93. The Morgan fingerprint density at radius 3 is 2.76 bits per heavy atom. The van der Waals surface area contributed by atoms with Crippen LogP contribution in [-0.2, 0) is 5.75 Å². The number of carboxylic acid groups (broad SMARTS) is 1. The molecule has 2 aromatic rings. The third-order valence-electron chi connectivity index (χ3n) is 2.93. The molecule has 0 saturated heterocycles. The first-order valence-corrected chi connectivity index (χ1v) is 7.14. The third kappa shape index (κ3) is 3.83. The predicted molar refractivity (Wildman–Crippen MR) is 78.8 cm³/mol. The number of aryl methyl sites for hydroxylation is 1. The van der Waals surface area contributed by atoms with Gasteiger partial charge >= 0.3 is 5.97 Å². The van der Waals surface area contributed by atoms with Crippen LogP contribution in [0.5, 0.6) is 0 Å². The van der Waals surface area contributed by atoms with Gasteiger partial charge in [-0.3, -0.25) is 0 Å². The molecule has 0 spiro atoms. The zero-order chi connectivity index (χ0) is 15.4. The molecule has 0 aliphatic rings. The highest BCUT2D eigenvalue weighted by Gasteiger charge is 2.08. The second-order valence-electron chi connectivity index (χ2n) is 4.53. The van der Waals surface area contributed by atoms with Gasteiger partial charge in [0.2, 0.25) is 0 Å². The molecule has 5 heteroatoms. The summed E-state index contributed by atoms with van der Waals surface area (Å²) in [5.74, 6) is -0.943. The third-order valence-corrected chi connectivity index (χ3v) is 4.00. The van der Waals surface area contributed by atoms with Crippen LogP contribution in [0.4, 0.5) is 4.39 Å².